The van der Waals surface area contributed by atoms with Crippen molar-refractivity contribution in [1.82, 2.24) is 10.2 Å². The van der Waals surface area contributed by atoms with Gasteiger partial charge in [0, 0.05) is 7.05 Å². The van der Waals surface area contributed by atoms with Gasteiger partial charge < -0.3 is 14.6 Å². The van der Waals surface area contributed by atoms with E-state index in [1.54, 1.807) is 4.90 Å². The van der Waals surface area contributed by atoms with Gasteiger partial charge in [0.15, 0.2) is 4.67 Å². The Balaban J connectivity index is 1.95. The Labute approximate surface area is 109 Å². The maximum absolute atomic E-state index is 12.2. The maximum atomic E-state index is 12.2. The largest absolute Gasteiger partial charge is 0.452 e. The highest BCUT2D eigenvalue weighted by molar-refractivity contribution is 9.10. The van der Waals surface area contributed by atoms with Crippen molar-refractivity contribution in [2.24, 2.45) is 5.92 Å². The van der Waals surface area contributed by atoms with Crippen molar-refractivity contribution in [3.8, 4) is 0 Å². The molecule has 94 valence electrons. The lowest BCUT2D eigenvalue weighted by atomic mass is 10.0. The summed E-state index contributed by atoms with van der Waals surface area (Å²) in [5, 5.41) is 3.25. The van der Waals surface area contributed by atoms with Crippen LogP contribution in [-0.2, 0) is 11.3 Å². The summed E-state index contributed by atoms with van der Waals surface area (Å²) in [7, 11) is 1.81. The van der Waals surface area contributed by atoms with Gasteiger partial charge in [0.1, 0.15) is 5.76 Å². The Morgan fingerprint density at radius 3 is 2.94 bits per heavy atom. The molecule has 2 unspecified atom stereocenters. The van der Waals surface area contributed by atoms with Gasteiger partial charge in [-0.1, -0.05) is 6.92 Å². The van der Waals surface area contributed by atoms with E-state index in [0.717, 1.165) is 18.7 Å². The highest BCUT2D eigenvalue weighted by Crippen LogP contribution is 2.19. The van der Waals surface area contributed by atoms with E-state index in [1.165, 1.54) is 0 Å². The summed E-state index contributed by atoms with van der Waals surface area (Å²) in [6, 6.07) is 3.67. The summed E-state index contributed by atoms with van der Waals surface area (Å²) in [6.07, 6.45) is 1.07. The third-order valence-corrected chi connectivity index (χ3v) is 3.62. The van der Waals surface area contributed by atoms with Crippen molar-refractivity contribution in [3.63, 3.8) is 0 Å². The Morgan fingerprint density at radius 2 is 2.41 bits per heavy atom. The average molecular weight is 301 g/mol. The number of hydrogen-bond donors (Lipinski definition) is 1. The third-order valence-electron chi connectivity index (χ3n) is 3.20. The zero-order valence-electron chi connectivity index (χ0n) is 10.1. The summed E-state index contributed by atoms with van der Waals surface area (Å²) in [5.41, 5.74) is 0. The van der Waals surface area contributed by atoms with Crippen molar-refractivity contribution in [3.05, 3.63) is 22.6 Å². The molecular formula is C12H17BrN2O2. The highest BCUT2D eigenvalue weighted by atomic mass is 79.9. The minimum absolute atomic E-state index is 0.0431. The molecule has 2 heterocycles. The molecule has 1 fully saturated rings. The van der Waals surface area contributed by atoms with Crippen molar-refractivity contribution >= 4 is 21.8 Å². The van der Waals surface area contributed by atoms with Crippen LogP contribution in [-0.4, -0.2) is 30.4 Å². The highest BCUT2D eigenvalue weighted by Gasteiger charge is 2.31. The van der Waals surface area contributed by atoms with Gasteiger partial charge in [0.25, 0.3) is 0 Å². The van der Waals surface area contributed by atoms with Gasteiger partial charge in [-0.3, -0.25) is 4.79 Å². The maximum Gasteiger partial charge on any atom is 0.240 e. The average Bonchev–Trinajstić information content (AvgIpc) is 2.86. The van der Waals surface area contributed by atoms with Gasteiger partial charge in [-0.25, -0.2) is 0 Å². The first-order valence-electron chi connectivity index (χ1n) is 5.80. The molecule has 1 aliphatic rings. The van der Waals surface area contributed by atoms with E-state index in [9.17, 15) is 4.79 Å². The van der Waals surface area contributed by atoms with Crippen LogP contribution in [0.3, 0.4) is 0 Å². The van der Waals surface area contributed by atoms with Crippen molar-refractivity contribution in [2.75, 3.05) is 13.6 Å². The van der Waals surface area contributed by atoms with Gasteiger partial charge in [-0.15, -0.1) is 0 Å². The van der Waals surface area contributed by atoms with Gasteiger partial charge >= 0.3 is 0 Å². The van der Waals surface area contributed by atoms with Crippen LogP contribution < -0.4 is 5.32 Å². The molecule has 0 bridgehead atoms. The number of nitrogens with zero attached hydrogens (tertiary/aromatic N) is 1. The van der Waals surface area contributed by atoms with Crippen molar-refractivity contribution in [1.29, 1.82) is 0 Å². The number of carbonyl (C=O) groups is 1. The quantitative estimate of drug-likeness (QED) is 0.929. The molecule has 1 saturated heterocycles. The lowest BCUT2D eigenvalue weighted by Crippen LogP contribution is -2.43. The van der Waals surface area contributed by atoms with Crippen LogP contribution in [0, 0.1) is 5.92 Å². The molecule has 0 saturated carbocycles. The van der Waals surface area contributed by atoms with E-state index >= 15 is 0 Å². The molecule has 1 N–H and O–H groups in total. The molecule has 4 nitrogen and oxygen atoms in total. The molecule has 5 heteroatoms. The minimum atomic E-state index is -0.0431. The number of rotatable bonds is 3. The Bertz CT molecular complexity index is 405. The third kappa shape index (κ3) is 2.90. The minimum Gasteiger partial charge on any atom is -0.452 e. The predicted octanol–water partition coefficient (Wildman–Crippen LogP) is 2.00. The molecular weight excluding hydrogens is 284 g/mol. The van der Waals surface area contributed by atoms with Crippen LogP contribution in [0.4, 0.5) is 0 Å². The number of nitrogens with one attached hydrogen (secondary N) is 1. The van der Waals surface area contributed by atoms with Crippen LogP contribution in [0.1, 0.15) is 19.1 Å². The monoisotopic (exact) mass is 300 g/mol. The van der Waals surface area contributed by atoms with E-state index in [0.29, 0.717) is 17.1 Å². The summed E-state index contributed by atoms with van der Waals surface area (Å²) >= 11 is 3.25. The lowest BCUT2D eigenvalue weighted by Gasteiger charge is -2.22. The smallest absolute Gasteiger partial charge is 0.240 e. The van der Waals surface area contributed by atoms with E-state index in [-0.39, 0.29) is 11.9 Å². The van der Waals surface area contributed by atoms with E-state index in [1.807, 2.05) is 19.2 Å². The Morgan fingerprint density at radius 1 is 1.65 bits per heavy atom. The Hall–Kier alpha value is -0.810. The fourth-order valence-electron chi connectivity index (χ4n) is 2.15. The zero-order valence-corrected chi connectivity index (χ0v) is 11.7. The number of hydrogen-bond acceptors (Lipinski definition) is 3. The molecule has 2 rings (SSSR count). The van der Waals surface area contributed by atoms with Crippen LogP contribution in [0.2, 0.25) is 0 Å². The fourth-order valence-corrected chi connectivity index (χ4v) is 2.49. The second-order valence-electron chi connectivity index (χ2n) is 4.60. The second kappa shape index (κ2) is 5.23. The first kappa shape index (κ1) is 12.6. The number of carbonyl (C=O) groups excluding carboxylic acids is 1. The first-order valence-corrected chi connectivity index (χ1v) is 6.60. The van der Waals surface area contributed by atoms with Gasteiger partial charge in [-0.05, 0) is 46.9 Å². The lowest BCUT2D eigenvalue weighted by molar-refractivity contribution is -0.133. The first-order chi connectivity index (χ1) is 8.08. The van der Waals surface area contributed by atoms with Crippen LogP contribution in [0.5, 0.6) is 0 Å². The normalized spacial score (nSPS) is 23.9. The number of likely N-dealkylation sites (N-methyl/N-ethyl adjacent to an activating group) is 1. The van der Waals surface area contributed by atoms with Gasteiger partial charge in [0.2, 0.25) is 5.91 Å². The summed E-state index contributed by atoms with van der Waals surface area (Å²) in [6.45, 7) is 3.55. The molecule has 1 aromatic heterocycles. The van der Waals surface area contributed by atoms with E-state index in [4.69, 9.17) is 4.42 Å². The molecule has 0 aliphatic carbocycles. The topological polar surface area (TPSA) is 45.5 Å². The molecule has 1 aliphatic heterocycles. The number of furan rings is 1. The van der Waals surface area contributed by atoms with Crippen LogP contribution >= 0.6 is 15.9 Å². The van der Waals surface area contributed by atoms with Crippen LogP contribution in [0.15, 0.2) is 21.2 Å². The van der Waals surface area contributed by atoms with E-state index < -0.39 is 0 Å². The zero-order chi connectivity index (χ0) is 12.4. The number of halogens is 1. The molecule has 2 atom stereocenters. The summed E-state index contributed by atoms with van der Waals surface area (Å²) in [4.78, 5) is 13.9. The second-order valence-corrected chi connectivity index (χ2v) is 5.38. The Kier molecular flexibility index (Phi) is 3.89. The SMILES string of the molecule is CC1CCNC1C(=O)N(C)Cc1ccc(Br)o1. The summed E-state index contributed by atoms with van der Waals surface area (Å²) < 4.78 is 6.09. The van der Waals surface area contributed by atoms with Crippen LogP contribution in [0.25, 0.3) is 0 Å². The molecule has 1 amide bonds. The molecule has 1 aromatic rings. The van der Waals surface area contributed by atoms with Gasteiger partial charge in [-0.2, -0.15) is 0 Å². The molecule has 0 spiro atoms. The summed E-state index contributed by atoms with van der Waals surface area (Å²) in [5.74, 6) is 1.34. The molecule has 0 radical (unpaired) electrons. The standard InChI is InChI=1S/C12H17BrN2O2/c1-8-5-6-14-11(8)12(16)15(2)7-9-3-4-10(13)17-9/h3-4,8,11,14H,5-7H2,1-2H3. The predicted molar refractivity (Wildman–Crippen MR) is 68.5 cm³/mol. The van der Waals surface area contributed by atoms with E-state index in [2.05, 4.69) is 28.2 Å². The molecule has 17 heavy (non-hydrogen) atoms. The van der Waals surface area contributed by atoms with Gasteiger partial charge in [0.05, 0.1) is 12.6 Å². The fraction of sp³-hybridized carbons (Fsp3) is 0.583. The van der Waals surface area contributed by atoms with Crippen molar-refractivity contribution in [2.45, 2.75) is 25.9 Å². The number of amides is 1. The van der Waals surface area contributed by atoms with Crippen molar-refractivity contribution < 1.29 is 9.21 Å². The molecule has 0 aromatic carbocycles.